The third-order valence-electron chi connectivity index (χ3n) is 5.32. The van der Waals surface area contributed by atoms with E-state index in [1.165, 1.54) is 42.5 Å². The summed E-state index contributed by atoms with van der Waals surface area (Å²) in [5, 5.41) is 13.1. The molecule has 0 unspecified atom stereocenters. The van der Waals surface area contributed by atoms with Crippen LogP contribution in [0.4, 0.5) is 16.2 Å². The number of thioether (sulfide) groups is 1. The lowest BCUT2D eigenvalue weighted by Gasteiger charge is -2.13. The van der Waals surface area contributed by atoms with E-state index in [9.17, 15) is 29.3 Å². The summed E-state index contributed by atoms with van der Waals surface area (Å²) in [5.41, 5.74) is 0.674. The Bertz CT molecular complexity index is 1520. The molecule has 1 aliphatic rings. The summed E-state index contributed by atoms with van der Waals surface area (Å²) in [5.74, 6) is -1.41. The van der Waals surface area contributed by atoms with Gasteiger partial charge >= 0.3 is 5.97 Å². The Morgan fingerprint density at radius 1 is 1.18 bits per heavy atom. The van der Waals surface area contributed by atoms with E-state index >= 15 is 0 Å². The van der Waals surface area contributed by atoms with Crippen molar-refractivity contribution in [3.8, 4) is 11.3 Å². The van der Waals surface area contributed by atoms with E-state index in [4.69, 9.17) is 20.8 Å². The molecule has 0 saturated carbocycles. The van der Waals surface area contributed by atoms with Crippen LogP contribution >= 0.6 is 23.4 Å². The summed E-state index contributed by atoms with van der Waals surface area (Å²) in [6.45, 7) is 1.50. The number of imide groups is 1. The number of rotatable bonds is 9. The van der Waals surface area contributed by atoms with Gasteiger partial charge in [0, 0.05) is 29.5 Å². The number of nitrogens with zero attached hydrogens (tertiary/aromatic N) is 2. The molecule has 0 atom stereocenters. The monoisotopic (exact) mass is 569 g/mol. The standard InChI is InChI=1S/C26H20ClN3O8S/c1-2-10-37-25(33)19-12-16(6-8-20(19)27)28-23(31)14-29-24(32)22(39-26(29)34)13-18-7-9-21(38-18)15-4-3-5-17(11-15)30(35)36/h3-9,11-13H,2,10,14H2,1H3,(H,28,31)/b22-13+. The van der Waals surface area contributed by atoms with Gasteiger partial charge in [0.15, 0.2) is 0 Å². The van der Waals surface area contributed by atoms with Gasteiger partial charge < -0.3 is 14.5 Å². The summed E-state index contributed by atoms with van der Waals surface area (Å²) in [4.78, 5) is 61.4. The van der Waals surface area contributed by atoms with Gasteiger partial charge in [0.2, 0.25) is 5.91 Å². The van der Waals surface area contributed by atoms with Crippen molar-refractivity contribution in [2.45, 2.75) is 13.3 Å². The number of hydrogen-bond donors (Lipinski definition) is 1. The number of nitrogens with one attached hydrogen (secondary N) is 1. The highest BCUT2D eigenvalue weighted by molar-refractivity contribution is 8.18. The number of ether oxygens (including phenoxy) is 1. The number of nitro benzene ring substituents is 1. The highest BCUT2D eigenvalue weighted by Crippen LogP contribution is 2.34. The molecule has 0 radical (unpaired) electrons. The van der Waals surface area contributed by atoms with Crippen LogP contribution < -0.4 is 5.32 Å². The average Bonchev–Trinajstić information content (AvgIpc) is 3.48. The average molecular weight is 570 g/mol. The van der Waals surface area contributed by atoms with Gasteiger partial charge in [-0.2, -0.15) is 0 Å². The molecule has 0 spiro atoms. The molecule has 1 N–H and O–H groups in total. The minimum atomic E-state index is -0.687. The van der Waals surface area contributed by atoms with Crippen molar-refractivity contribution in [2.75, 3.05) is 18.5 Å². The van der Waals surface area contributed by atoms with Gasteiger partial charge in [-0.15, -0.1) is 0 Å². The number of esters is 1. The van der Waals surface area contributed by atoms with Crippen molar-refractivity contribution in [1.29, 1.82) is 0 Å². The molecule has 11 nitrogen and oxygen atoms in total. The summed E-state index contributed by atoms with van der Waals surface area (Å²) in [6.07, 6.45) is 1.99. The summed E-state index contributed by atoms with van der Waals surface area (Å²) in [6, 6.07) is 13.3. The van der Waals surface area contributed by atoms with E-state index in [1.54, 1.807) is 18.2 Å². The van der Waals surface area contributed by atoms with Gasteiger partial charge in [-0.3, -0.25) is 29.4 Å². The minimum absolute atomic E-state index is 0.0418. The molecule has 3 aromatic rings. The number of carbonyl (C=O) groups is 4. The normalized spacial score (nSPS) is 14.1. The lowest BCUT2D eigenvalue weighted by Crippen LogP contribution is -2.36. The quantitative estimate of drug-likeness (QED) is 0.147. The second-order valence-corrected chi connectivity index (χ2v) is 9.56. The zero-order valence-electron chi connectivity index (χ0n) is 20.3. The Kier molecular flexibility index (Phi) is 8.47. The predicted molar refractivity (Wildman–Crippen MR) is 144 cm³/mol. The number of amides is 3. The highest BCUT2D eigenvalue weighted by atomic mass is 35.5. The molecule has 2 heterocycles. The van der Waals surface area contributed by atoms with Crippen molar-refractivity contribution in [1.82, 2.24) is 4.90 Å². The van der Waals surface area contributed by atoms with Gasteiger partial charge in [-0.1, -0.05) is 30.7 Å². The fraction of sp³-hybridized carbons (Fsp3) is 0.154. The molecule has 200 valence electrons. The number of halogens is 1. The van der Waals surface area contributed by atoms with Gasteiger partial charge in [-0.05, 0) is 48.5 Å². The van der Waals surface area contributed by atoms with Crippen LogP contribution in [0.25, 0.3) is 17.4 Å². The first-order valence-electron chi connectivity index (χ1n) is 11.5. The van der Waals surface area contributed by atoms with Crippen LogP contribution in [0.2, 0.25) is 5.02 Å². The fourth-order valence-corrected chi connectivity index (χ4v) is 4.51. The van der Waals surface area contributed by atoms with E-state index in [-0.39, 0.29) is 39.2 Å². The third kappa shape index (κ3) is 6.54. The number of hydrogen-bond acceptors (Lipinski definition) is 9. The third-order valence-corrected chi connectivity index (χ3v) is 6.56. The Hall–Kier alpha value is -4.42. The molecular formula is C26H20ClN3O8S. The Morgan fingerprint density at radius 3 is 2.72 bits per heavy atom. The molecule has 4 rings (SSSR count). The maximum absolute atomic E-state index is 12.8. The van der Waals surface area contributed by atoms with Crippen molar-refractivity contribution >= 4 is 63.8 Å². The predicted octanol–water partition coefficient (Wildman–Crippen LogP) is 5.75. The van der Waals surface area contributed by atoms with Crippen LogP contribution in [0.5, 0.6) is 0 Å². The smallest absolute Gasteiger partial charge is 0.339 e. The van der Waals surface area contributed by atoms with E-state index in [1.807, 2.05) is 6.92 Å². The minimum Gasteiger partial charge on any atom is -0.462 e. The second kappa shape index (κ2) is 12.0. The van der Waals surface area contributed by atoms with Crippen molar-refractivity contribution < 1.29 is 33.3 Å². The maximum Gasteiger partial charge on any atom is 0.339 e. The van der Waals surface area contributed by atoms with E-state index in [0.29, 0.717) is 29.5 Å². The molecule has 1 aromatic heterocycles. The fourth-order valence-electron chi connectivity index (χ4n) is 3.50. The van der Waals surface area contributed by atoms with Crippen LogP contribution in [-0.4, -0.2) is 46.0 Å². The number of carbonyl (C=O) groups excluding carboxylic acids is 4. The molecule has 39 heavy (non-hydrogen) atoms. The summed E-state index contributed by atoms with van der Waals surface area (Å²) in [7, 11) is 0. The lowest BCUT2D eigenvalue weighted by atomic mass is 10.1. The second-order valence-electron chi connectivity index (χ2n) is 8.16. The van der Waals surface area contributed by atoms with E-state index < -0.39 is 34.5 Å². The number of anilines is 1. The number of non-ortho nitro benzene ring substituents is 1. The van der Waals surface area contributed by atoms with Crippen LogP contribution in [0, 0.1) is 10.1 Å². The van der Waals surface area contributed by atoms with Crippen LogP contribution in [0.3, 0.4) is 0 Å². The topological polar surface area (TPSA) is 149 Å². The van der Waals surface area contributed by atoms with Gasteiger partial charge in [0.05, 0.1) is 27.0 Å². The van der Waals surface area contributed by atoms with Crippen molar-refractivity contribution in [2.24, 2.45) is 0 Å². The maximum atomic E-state index is 12.8. The molecule has 1 saturated heterocycles. The molecule has 0 bridgehead atoms. The molecular weight excluding hydrogens is 550 g/mol. The van der Waals surface area contributed by atoms with Crippen LogP contribution in [-0.2, 0) is 14.3 Å². The number of benzene rings is 2. The molecule has 3 amide bonds. The Balaban J connectivity index is 1.43. The first kappa shape index (κ1) is 27.6. The molecule has 1 fully saturated rings. The molecule has 0 aliphatic carbocycles. The molecule has 2 aromatic carbocycles. The van der Waals surface area contributed by atoms with Crippen molar-refractivity contribution in [3.63, 3.8) is 0 Å². The van der Waals surface area contributed by atoms with E-state index in [2.05, 4.69) is 5.32 Å². The zero-order chi connectivity index (χ0) is 28.1. The Labute approximate surface area is 230 Å². The lowest BCUT2D eigenvalue weighted by molar-refractivity contribution is -0.384. The first-order valence-corrected chi connectivity index (χ1v) is 12.7. The van der Waals surface area contributed by atoms with Gasteiger partial charge in [0.25, 0.3) is 16.8 Å². The first-order chi connectivity index (χ1) is 18.7. The Morgan fingerprint density at radius 2 is 1.97 bits per heavy atom. The summed E-state index contributed by atoms with van der Waals surface area (Å²) >= 11 is 6.71. The zero-order valence-corrected chi connectivity index (χ0v) is 21.9. The SMILES string of the molecule is CCCOC(=O)c1cc(NC(=O)CN2C(=O)S/C(=C/c3ccc(-c4cccc([N+](=O)[O-])c4)o3)C2=O)ccc1Cl. The molecule has 1 aliphatic heterocycles. The largest absolute Gasteiger partial charge is 0.462 e. The summed E-state index contributed by atoms with van der Waals surface area (Å²) < 4.78 is 10.8. The number of nitro groups is 1. The van der Waals surface area contributed by atoms with Gasteiger partial charge in [-0.25, -0.2) is 4.79 Å². The van der Waals surface area contributed by atoms with Crippen molar-refractivity contribution in [3.05, 3.63) is 86.0 Å². The van der Waals surface area contributed by atoms with Gasteiger partial charge in [0.1, 0.15) is 18.1 Å². The van der Waals surface area contributed by atoms with Crippen LogP contribution in [0.1, 0.15) is 29.5 Å². The van der Waals surface area contributed by atoms with Crippen LogP contribution in [0.15, 0.2) is 63.9 Å². The van der Waals surface area contributed by atoms with E-state index in [0.717, 1.165) is 4.90 Å². The highest BCUT2D eigenvalue weighted by Gasteiger charge is 2.36. The number of furan rings is 1. The molecule has 13 heteroatoms.